The second-order valence-corrected chi connectivity index (χ2v) is 16.7. The lowest BCUT2D eigenvalue weighted by Gasteiger charge is -2.15. The van der Waals surface area contributed by atoms with Gasteiger partial charge in [0.15, 0.2) is 17.5 Å². The zero-order chi connectivity index (χ0) is 41.0. The van der Waals surface area contributed by atoms with Crippen LogP contribution in [0.5, 0.6) is 0 Å². The lowest BCUT2D eigenvalue weighted by Crippen LogP contribution is -2.00. The van der Waals surface area contributed by atoms with Gasteiger partial charge in [-0.2, -0.15) is 0 Å². The minimum Gasteiger partial charge on any atom is -0.309 e. The minimum absolute atomic E-state index is 0.638. The zero-order valence-electron chi connectivity index (χ0n) is 33.5. The summed E-state index contributed by atoms with van der Waals surface area (Å²) in [5, 5.41) is 4.97. The minimum atomic E-state index is 0.638. The van der Waals surface area contributed by atoms with Crippen molar-refractivity contribution in [2.45, 2.75) is 0 Å². The molecule has 9 aromatic carbocycles. The number of benzene rings is 9. The number of aromatic nitrogens is 4. The normalized spacial score (nSPS) is 11.5. The molecule has 0 N–H and O–H groups in total. The average molecular weight is 809 g/mol. The Kier molecular flexibility index (Phi) is 8.65. The van der Waals surface area contributed by atoms with Gasteiger partial charge in [0.2, 0.25) is 0 Å². The Bertz CT molecular complexity index is 3570. The molecule has 0 bridgehead atoms. The molecule has 12 rings (SSSR count). The van der Waals surface area contributed by atoms with E-state index in [0.717, 1.165) is 33.5 Å². The zero-order valence-corrected chi connectivity index (χ0v) is 34.3. The first-order valence-corrected chi connectivity index (χ1v) is 21.7. The van der Waals surface area contributed by atoms with Gasteiger partial charge in [-0.05, 0) is 64.2 Å². The van der Waals surface area contributed by atoms with Gasteiger partial charge < -0.3 is 4.57 Å². The van der Waals surface area contributed by atoms with Crippen molar-refractivity contribution < 1.29 is 0 Å². The first kappa shape index (κ1) is 35.9. The Labute approximate surface area is 362 Å². The van der Waals surface area contributed by atoms with Crippen molar-refractivity contribution in [2.75, 3.05) is 0 Å². The van der Waals surface area contributed by atoms with E-state index in [1.807, 2.05) is 29.5 Å². The lowest BCUT2D eigenvalue weighted by atomic mass is 9.97. The summed E-state index contributed by atoms with van der Waals surface area (Å²) in [5.41, 5.74) is 13.5. The summed E-state index contributed by atoms with van der Waals surface area (Å²) in [6.07, 6.45) is 0. The van der Waals surface area contributed by atoms with E-state index in [1.165, 1.54) is 64.2 Å². The van der Waals surface area contributed by atoms with Crippen LogP contribution in [0, 0.1) is 0 Å². The predicted molar refractivity (Wildman–Crippen MR) is 260 cm³/mol. The summed E-state index contributed by atoms with van der Waals surface area (Å²) in [4.78, 5) is 15.3. The van der Waals surface area contributed by atoms with Crippen molar-refractivity contribution in [3.63, 3.8) is 0 Å². The van der Waals surface area contributed by atoms with E-state index in [9.17, 15) is 0 Å². The van der Waals surface area contributed by atoms with Crippen molar-refractivity contribution in [2.24, 2.45) is 0 Å². The third kappa shape index (κ3) is 6.18. The quantitative estimate of drug-likeness (QED) is 0.161. The van der Waals surface area contributed by atoms with Gasteiger partial charge in [-0.25, -0.2) is 15.0 Å². The van der Waals surface area contributed by atoms with Crippen LogP contribution in [-0.2, 0) is 0 Å². The summed E-state index contributed by atoms with van der Waals surface area (Å²) in [7, 11) is 0. The topological polar surface area (TPSA) is 43.6 Å². The Hall–Kier alpha value is -7.99. The molecule has 3 heterocycles. The number of thiophene rings is 1. The highest BCUT2D eigenvalue weighted by molar-refractivity contribution is 7.26. The molecule has 0 spiro atoms. The van der Waals surface area contributed by atoms with E-state index in [-0.39, 0.29) is 0 Å². The van der Waals surface area contributed by atoms with Crippen LogP contribution in [0.2, 0.25) is 0 Å². The average Bonchev–Trinajstić information content (AvgIpc) is 3.90. The summed E-state index contributed by atoms with van der Waals surface area (Å²) in [5.74, 6) is 1.93. The van der Waals surface area contributed by atoms with E-state index >= 15 is 0 Å². The van der Waals surface area contributed by atoms with Gasteiger partial charge in [0.05, 0.1) is 16.7 Å². The Balaban J connectivity index is 0.957. The largest absolute Gasteiger partial charge is 0.309 e. The fourth-order valence-corrected chi connectivity index (χ4v) is 10.1. The molecule has 4 nitrogen and oxygen atoms in total. The maximum absolute atomic E-state index is 5.15. The first-order chi connectivity index (χ1) is 30.7. The number of rotatable bonds is 7. The lowest BCUT2D eigenvalue weighted by molar-refractivity contribution is 1.07. The number of hydrogen-bond donors (Lipinski definition) is 0. The molecule has 0 fully saturated rings. The van der Waals surface area contributed by atoms with Gasteiger partial charge in [-0.1, -0.05) is 182 Å². The van der Waals surface area contributed by atoms with Gasteiger partial charge in [-0.3, -0.25) is 0 Å². The molecule has 0 aliphatic heterocycles. The molecule has 5 heteroatoms. The molecule has 0 aliphatic rings. The maximum Gasteiger partial charge on any atom is 0.164 e. The molecule has 0 atom stereocenters. The molecule has 0 radical (unpaired) electrons. The molecule has 12 aromatic rings. The summed E-state index contributed by atoms with van der Waals surface area (Å²) in [6, 6.07) is 77.5. The Morgan fingerprint density at radius 3 is 1.48 bits per heavy atom. The number of nitrogens with zero attached hydrogens (tertiary/aromatic N) is 4. The molecule has 290 valence electrons. The number of para-hydroxylation sites is 3. The molecule has 0 saturated carbocycles. The van der Waals surface area contributed by atoms with Crippen molar-refractivity contribution in [3.05, 3.63) is 218 Å². The molecular formula is C57H36N4S. The summed E-state index contributed by atoms with van der Waals surface area (Å²) in [6.45, 7) is 0. The van der Waals surface area contributed by atoms with Crippen LogP contribution in [0.1, 0.15) is 0 Å². The second-order valence-electron chi connectivity index (χ2n) is 15.6. The highest BCUT2D eigenvalue weighted by Gasteiger charge is 2.19. The predicted octanol–water partition coefficient (Wildman–Crippen LogP) is 15.3. The third-order valence-corrected chi connectivity index (χ3v) is 13.0. The second kappa shape index (κ2) is 14.9. The molecule has 3 aromatic heterocycles. The van der Waals surface area contributed by atoms with Crippen molar-refractivity contribution in [3.8, 4) is 73.2 Å². The van der Waals surface area contributed by atoms with E-state index in [4.69, 9.17) is 15.0 Å². The van der Waals surface area contributed by atoms with E-state index in [1.54, 1.807) is 0 Å². The SMILES string of the molecule is c1ccc(-c2cccc(-c3ccc(-c4nc(-c5ccccc5)nc(-c5ccc6c(c5)sc5cccc(-c7ccccc7-n7c8ccccc8c8ccccc87)c56)n4)cc3)c2)cc1. The standard InChI is InChI=1S/C57H36N4S/c1-3-15-37(16-4-1)41-19-13-20-42(35-41)38-29-31-40(32-30-38)56-58-55(39-17-5-2-6-18-39)59-57(60-56)43-33-34-48-53(36-43)62-52-28-14-24-47(54(48)52)46-23-9-12-27-51(46)61-49-25-10-7-21-44(49)45-22-8-11-26-50(45)61/h1-36H. The van der Waals surface area contributed by atoms with Crippen molar-refractivity contribution in [1.82, 2.24) is 19.5 Å². The molecule has 0 aliphatic carbocycles. The van der Waals surface area contributed by atoms with Gasteiger partial charge in [-0.15, -0.1) is 11.3 Å². The van der Waals surface area contributed by atoms with Gasteiger partial charge in [0, 0.05) is 53.2 Å². The summed E-state index contributed by atoms with van der Waals surface area (Å²) >= 11 is 1.81. The highest BCUT2D eigenvalue weighted by Crippen LogP contribution is 2.44. The fourth-order valence-electron chi connectivity index (χ4n) is 8.94. The third-order valence-electron chi connectivity index (χ3n) is 11.9. The van der Waals surface area contributed by atoms with Crippen LogP contribution in [-0.4, -0.2) is 19.5 Å². The number of hydrogen-bond acceptors (Lipinski definition) is 4. The van der Waals surface area contributed by atoms with Crippen LogP contribution < -0.4 is 0 Å². The fraction of sp³-hybridized carbons (Fsp3) is 0. The molecule has 62 heavy (non-hydrogen) atoms. The molecule has 0 saturated heterocycles. The van der Waals surface area contributed by atoms with Crippen LogP contribution >= 0.6 is 11.3 Å². The molecule has 0 amide bonds. The smallest absolute Gasteiger partial charge is 0.164 e. The van der Waals surface area contributed by atoms with Crippen LogP contribution in [0.4, 0.5) is 0 Å². The summed E-state index contributed by atoms with van der Waals surface area (Å²) < 4.78 is 4.84. The maximum atomic E-state index is 5.15. The Morgan fingerprint density at radius 2 is 0.790 bits per heavy atom. The highest BCUT2D eigenvalue weighted by atomic mass is 32.1. The first-order valence-electron chi connectivity index (χ1n) is 20.8. The van der Waals surface area contributed by atoms with E-state index in [2.05, 4.69) is 205 Å². The van der Waals surface area contributed by atoms with Gasteiger partial charge >= 0.3 is 0 Å². The number of fused-ring (bicyclic) bond motifs is 6. The van der Waals surface area contributed by atoms with Crippen LogP contribution in [0.25, 0.3) is 115 Å². The molecule has 0 unspecified atom stereocenters. The van der Waals surface area contributed by atoms with Crippen LogP contribution in [0.3, 0.4) is 0 Å². The van der Waals surface area contributed by atoms with Gasteiger partial charge in [0.1, 0.15) is 0 Å². The van der Waals surface area contributed by atoms with E-state index in [0.29, 0.717) is 17.5 Å². The molecular weight excluding hydrogens is 773 g/mol. The van der Waals surface area contributed by atoms with Crippen molar-refractivity contribution in [1.29, 1.82) is 0 Å². The van der Waals surface area contributed by atoms with Crippen molar-refractivity contribution >= 4 is 53.3 Å². The monoisotopic (exact) mass is 808 g/mol. The Morgan fingerprint density at radius 1 is 0.306 bits per heavy atom. The van der Waals surface area contributed by atoms with Crippen LogP contribution in [0.15, 0.2) is 218 Å². The van der Waals surface area contributed by atoms with E-state index < -0.39 is 0 Å². The van der Waals surface area contributed by atoms with Gasteiger partial charge in [0.25, 0.3) is 0 Å².